The number of para-hydroxylation sites is 1. The fourth-order valence-electron chi connectivity index (χ4n) is 3.09. The molecule has 3 rings (SSSR count). The van der Waals surface area contributed by atoms with Crippen molar-refractivity contribution < 1.29 is 14.3 Å². The number of hydrogen-bond donors (Lipinski definition) is 1. The molecule has 0 bridgehead atoms. The Hall–Kier alpha value is -2.49. The summed E-state index contributed by atoms with van der Waals surface area (Å²) in [7, 11) is 0. The molecule has 0 fully saturated rings. The minimum absolute atomic E-state index is 0.0866. The molecule has 0 spiro atoms. The second-order valence-corrected chi connectivity index (χ2v) is 7.24. The van der Waals surface area contributed by atoms with Crippen LogP contribution in [0.1, 0.15) is 44.4 Å². The van der Waals surface area contributed by atoms with Crippen molar-refractivity contribution >= 4 is 5.91 Å². The number of carbonyl (C=O) groups excluding carboxylic acids is 1. The van der Waals surface area contributed by atoms with Crippen molar-refractivity contribution in [2.45, 2.75) is 51.9 Å². The summed E-state index contributed by atoms with van der Waals surface area (Å²) in [5.41, 5.74) is 1.84. The Bertz CT molecular complexity index is 752. The third kappa shape index (κ3) is 4.13. The van der Waals surface area contributed by atoms with Crippen molar-refractivity contribution in [3.05, 3.63) is 59.7 Å². The number of fused-ring (bicyclic) bond motifs is 1. The van der Waals surface area contributed by atoms with Crippen molar-refractivity contribution in [3.63, 3.8) is 0 Å². The third-order valence-electron chi connectivity index (χ3n) is 4.40. The number of ether oxygens (including phenoxy) is 2. The van der Waals surface area contributed by atoms with Crippen LogP contribution in [0, 0.1) is 6.92 Å². The number of aryl methyl sites for hydroxylation is 1. The van der Waals surface area contributed by atoms with Gasteiger partial charge in [0, 0.05) is 12.0 Å². The molecule has 1 aliphatic heterocycles. The van der Waals surface area contributed by atoms with Crippen LogP contribution in [-0.2, 0) is 4.79 Å². The summed E-state index contributed by atoms with van der Waals surface area (Å²) in [6.45, 7) is 7.86. The van der Waals surface area contributed by atoms with Crippen LogP contribution in [0.4, 0.5) is 0 Å². The first-order valence-corrected chi connectivity index (χ1v) is 8.66. The number of amides is 1. The van der Waals surface area contributed by atoms with Crippen molar-refractivity contribution in [3.8, 4) is 11.5 Å². The number of hydrogen-bond acceptors (Lipinski definition) is 3. The van der Waals surface area contributed by atoms with Gasteiger partial charge in [-0.1, -0.05) is 35.9 Å². The maximum Gasteiger partial charge on any atom is 0.261 e. The Morgan fingerprint density at radius 3 is 2.60 bits per heavy atom. The van der Waals surface area contributed by atoms with E-state index in [1.807, 2.05) is 69.3 Å². The lowest BCUT2D eigenvalue weighted by molar-refractivity contribution is -0.128. The zero-order chi connectivity index (χ0) is 18.0. The van der Waals surface area contributed by atoms with Gasteiger partial charge in [-0.3, -0.25) is 4.79 Å². The smallest absolute Gasteiger partial charge is 0.261 e. The Kier molecular flexibility index (Phi) is 4.71. The van der Waals surface area contributed by atoms with E-state index < -0.39 is 6.10 Å². The van der Waals surface area contributed by atoms with E-state index in [-0.39, 0.29) is 17.6 Å². The van der Waals surface area contributed by atoms with Crippen LogP contribution in [0.15, 0.2) is 48.5 Å². The lowest BCUT2D eigenvalue weighted by Gasteiger charge is -2.38. The number of rotatable bonds is 4. The van der Waals surface area contributed by atoms with Crippen LogP contribution < -0.4 is 14.8 Å². The standard InChI is InChI=1S/C21H25NO3/c1-14-9-11-16(12-10-14)24-15(2)20(23)22-18-13-21(3,4)25-19-8-6-5-7-17(18)19/h5-12,15,18H,13H2,1-4H3,(H,22,23)/t15-,18-/m0/s1. The van der Waals surface area contributed by atoms with Gasteiger partial charge >= 0.3 is 0 Å². The van der Waals surface area contributed by atoms with E-state index in [2.05, 4.69) is 5.32 Å². The number of benzene rings is 2. The molecule has 0 aliphatic carbocycles. The van der Waals surface area contributed by atoms with E-state index in [1.54, 1.807) is 6.92 Å². The molecule has 1 amide bonds. The zero-order valence-corrected chi connectivity index (χ0v) is 15.2. The van der Waals surface area contributed by atoms with E-state index >= 15 is 0 Å². The van der Waals surface area contributed by atoms with Crippen LogP contribution in [0.3, 0.4) is 0 Å². The average Bonchev–Trinajstić information content (AvgIpc) is 2.56. The lowest BCUT2D eigenvalue weighted by Crippen LogP contribution is -2.44. The molecule has 0 saturated heterocycles. The molecule has 0 unspecified atom stereocenters. The maximum atomic E-state index is 12.6. The summed E-state index contributed by atoms with van der Waals surface area (Å²) in [5.74, 6) is 1.40. The normalized spacial score (nSPS) is 19.3. The van der Waals surface area contributed by atoms with Crippen LogP contribution in [0.5, 0.6) is 11.5 Å². The van der Waals surface area contributed by atoms with E-state index in [1.165, 1.54) is 0 Å². The molecule has 4 nitrogen and oxygen atoms in total. The minimum Gasteiger partial charge on any atom is -0.487 e. The first-order chi connectivity index (χ1) is 11.8. The topological polar surface area (TPSA) is 47.6 Å². The highest BCUT2D eigenvalue weighted by atomic mass is 16.5. The van der Waals surface area contributed by atoms with Gasteiger partial charge in [0.15, 0.2) is 6.10 Å². The number of nitrogens with one attached hydrogen (secondary N) is 1. The molecule has 132 valence electrons. The molecule has 0 aromatic heterocycles. The van der Waals surface area contributed by atoms with E-state index in [9.17, 15) is 4.79 Å². The highest BCUT2D eigenvalue weighted by Crippen LogP contribution is 2.39. The molecule has 4 heteroatoms. The van der Waals surface area contributed by atoms with E-state index in [4.69, 9.17) is 9.47 Å². The van der Waals surface area contributed by atoms with Gasteiger partial charge in [-0.05, 0) is 45.9 Å². The molecule has 0 radical (unpaired) electrons. The van der Waals surface area contributed by atoms with E-state index in [0.717, 1.165) is 16.9 Å². The van der Waals surface area contributed by atoms with Gasteiger partial charge < -0.3 is 14.8 Å². The van der Waals surface area contributed by atoms with Gasteiger partial charge in [0.2, 0.25) is 0 Å². The molecule has 1 aliphatic rings. The molecule has 2 aromatic carbocycles. The maximum absolute atomic E-state index is 12.6. The van der Waals surface area contributed by atoms with Gasteiger partial charge in [0.25, 0.3) is 5.91 Å². The molecular formula is C21H25NO3. The average molecular weight is 339 g/mol. The van der Waals surface area contributed by atoms with Crippen LogP contribution in [0.2, 0.25) is 0 Å². The van der Waals surface area contributed by atoms with Crippen LogP contribution >= 0.6 is 0 Å². The molecule has 2 aromatic rings. The Morgan fingerprint density at radius 2 is 1.88 bits per heavy atom. The summed E-state index contributed by atoms with van der Waals surface area (Å²) in [5, 5.41) is 3.12. The number of carbonyl (C=O) groups is 1. The Morgan fingerprint density at radius 1 is 1.20 bits per heavy atom. The minimum atomic E-state index is -0.569. The third-order valence-corrected chi connectivity index (χ3v) is 4.40. The summed E-state index contributed by atoms with van der Waals surface area (Å²) < 4.78 is 11.8. The van der Waals surface area contributed by atoms with Gasteiger partial charge in [-0.25, -0.2) is 0 Å². The van der Waals surface area contributed by atoms with Crippen LogP contribution in [-0.4, -0.2) is 17.6 Å². The van der Waals surface area contributed by atoms with Crippen molar-refractivity contribution in [2.24, 2.45) is 0 Å². The largest absolute Gasteiger partial charge is 0.487 e. The summed E-state index contributed by atoms with van der Waals surface area (Å²) in [4.78, 5) is 12.6. The highest BCUT2D eigenvalue weighted by molar-refractivity contribution is 5.81. The van der Waals surface area contributed by atoms with E-state index in [0.29, 0.717) is 12.2 Å². The van der Waals surface area contributed by atoms with Crippen molar-refractivity contribution in [1.82, 2.24) is 5.32 Å². The highest BCUT2D eigenvalue weighted by Gasteiger charge is 2.35. The second-order valence-electron chi connectivity index (χ2n) is 7.24. The molecule has 1 heterocycles. The first-order valence-electron chi connectivity index (χ1n) is 8.66. The monoisotopic (exact) mass is 339 g/mol. The SMILES string of the molecule is Cc1ccc(O[C@@H](C)C(=O)N[C@H]2CC(C)(C)Oc3ccccc32)cc1. The Labute approximate surface area is 149 Å². The fraction of sp³-hybridized carbons (Fsp3) is 0.381. The van der Waals surface area contributed by atoms with Crippen molar-refractivity contribution in [1.29, 1.82) is 0 Å². The van der Waals surface area contributed by atoms with Gasteiger partial charge in [0.05, 0.1) is 6.04 Å². The lowest BCUT2D eigenvalue weighted by atomic mass is 9.89. The molecule has 25 heavy (non-hydrogen) atoms. The predicted octanol–water partition coefficient (Wildman–Crippen LogP) is 4.18. The van der Waals surface area contributed by atoms with Gasteiger partial charge in [0.1, 0.15) is 17.1 Å². The van der Waals surface area contributed by atoms with Gasteiger partial charge in [-0.15, -0.1) is 0 Å². The van der Waals surface area contributed by atoms with Gasteiger partial charge in [-0.2, -0.15) is 0 Å². The molecule has 0 saturated carbocycles. The molecular weight excluding hydrogens is 314 g/mol. The second kappa shape index (κ2) is 6.79. The summed E-state index contributed by atoms with van der Waals surface area (Å²) >= 11 is 0. The zero-order valence-electron chi connectivity index (χ0n) is 15.2. The molecule has 2 atom stereocenters. The summed E-state index contributed by atoms with van der Waals surface area (Å²) in [6, 6.07) is 15.5. The van der Waals surface area contributed by atoms with Crippen LogP contribution in [0.25, 0.3) is 0 Å². The fourth-order valence-corrected chi connectivity index (χ4v) is 3.09. The van der Waals surface area contributed by atoms with Crippen molar-refractivity contribution in [2.75, 3.05) is 0 Å². The Balaban J connectivity index is 1.70. The summed E-state index contributed by atoms with van der Waals surface area (Å²) in [6.07, 6.45) is 0.147. The first kappa shape index (κ1) is 17.3. The molecule has 1 N–H and O–H groups in total. The quantitative estimate of drug-likeness (QED) is 0.909. The predicted molar refractivity (Wildman–Crippen MR) is 97.9 cm³/mol.